The Morgan fingerprint density at radius 2 is 1.67 bits per heavy atom. The molecule has 1 heterocycles. The van der Waals surface area contributed by atoms with Crippen molar-refractivity contribution in [2.24, 2.45) is 0 Å². The molecule has 1 fully saturated rings. The van der Waals surface area contributed by atoms with E-state index in [0.717, 1.165) is 44.0 Å². The summed E-state index contributed by atoms with van der Waals surface area (Å²) in [4.78, 5) is 4.16. The topological polar surface area (TPSA) is 53.9 Å². The minimum Gasteiger partial charge on any atom is -0.359 e. The predicted octanol–water partition coefficient (Wildman–Crippen LogP) is 2.34. The van der Waals surface area contributed by atoms with Gasteiger partial charge in [0.2, 0.25) is 0 Å². The van der Waals surface area contributed by atoms with Gasteiger partial charge in [0.15, 0.2) is 0 Å². The molecule has 1 aliphatic heterocycles. The standard InChI is InChI=1S/C21H29N3O2S/c1-4-23-13-15-24(16-14-23)21-8-6-5-7-20(21)22-27(25,26)19-11-9-18(10-12-19)17(2)3/h5-12,17,22H,4,13-16H2,1-3H3/p+1. The lowest BCUT2D eigenvalue weighted by molar-refractivity contribution is -0.898. The van der Waals surface area contributed by atoms with Crippen LogP contribution in [0.1, 0.15) is 32.3 Å². The van der Waals surface area contributed by atoms with Gasteiger partial charge in [0.05, 0.1) is 49.0 Å². The minimum absolute atomic E-state index is 0.293. The summed E-state index contributed by atoms with van der Waals surface area (Å²) in [5, 5.41) is 0. The van der Waals surface area contributed by atoms with Gasteiger partial charge in [-0.05, 0) is 42.7 Å². The molecule has 5 nitrogen and oxygen atoms in total. The van der Waals surface area contributed by atoms with E-state index in [4.69, 9.17) is 0 Å². The van der Waals surface area contributed by atoms with Crippen LogP contribution in [0.5, 0.6) is 0 Å². The first kappa shape index (κ1) is 19.7. The Labute approximate surface area is 163 Å². The summed E-state index contributed by atoms with van der Waals surface area (Å²) in [6.07, 6.45) is 0. The number of likely N-dealkylation sites (N-methyl/N-ethyl adjacent to an activating group) is 1. The number of nitrogens with zero attached hydrogens (tertiary/aromatic N) is 1. The molecule has 2 aromatic rings. The molecule has 0 bridgehead atoms. The lowest BCUT2D eigenvalue weighted by atomic mass is 10.0. The lowest BCUT2D eigenvalue weighted by Gasteiger charge is -2.34. The molecule has 0 atom stereocenters. The molecule has 1 saturated heterocycles. The molecule has 27 heavy (non-hydrogen) atoms. The van der Waals surface area contributed by atoms with Crippen LogP contribution >= 0.6 is 0 Å². The maximum Gasteiger partial charge on any atom is 0.261 e. The van der Waals surface area contributed by atoms with Gasteiger partial charge >= 0.3 is 0 Å². The minimum atomic E-state index is -3.61. The Kier molecular flexibility index (Phi) is 6.07. The first-order valence-electron chi connectivity index (χ1n) is 9.71. The number of para-hydroxylation sites is 2. The van der Waals surface area contributed by atoms with E-state index in [1.165, 1.54) is 0 Å². The van der Waals surface area contributed by atoms with Crippen molar-refractivity contribution in [3.63, 3.8) is 0 Å². The second-order valence-corrected chi connectivity index (χ2v) is 9.12. The third kappa shape index (κ3) is 4.62. The molecule has 146 valence electrons. The van der Waals surface area contributed by atoms with Crippen LogP contribution in [0.15, 0.2) is 53.4 Å². The molecule has 0 aliphatic carbocycles. The Morgan fingerprint density at radius 1 is 1.04 bits per heavy atom. The average molecular weight is 389 g/mol. The molecule has 2 N–H and O–H groups in total. The SMILES string of the molecule is CC[NH+]1CCN(c2ccccc2NS(=O)(=O)c2ccc(C(C)C)cc2)CC1. The van der Waals surface area contributed by atoms with Crippen LogP contribution in [0.2, 0.25) is 0 Å². The van der Waals surface area contributed by atoms with Gasteiger partial charge in [-0.3, -0.25) is 4.72 Å². The first-order chi connectivity index (χ1) is 12.9. The van der Waals surface area contributed by atoms with Crippen LogP contribution in [0.3, 0.4) is 0 Å². The van der Waals surface area contributed by atoms with Gasteiger partial charge in [0.1, 0.15) is 0 Å². The van der Waals surface area contributed by atoms with Gasteiger partial charge in [0.25, 0.3) is 10.0 Å². The van der Waals surface area contributed by atoms with Crippen molar-refractivity contribution in [2.75, 3.05) is 42.3 Å². The largest absolute Gasteiger partial charge is 0.359 e. The monoisotopic (exact) mass is 388 g/mol. The zero-order valence-corrected chi connectivity index (χ0v) is 17.2. The Bertz CT molecular complexity index is 855. The van der Waals surface area contributed by atoms with E-state index in [2.05, 4.69) is 30.4 Å². The normalized spacial score (nSPS) is 15.9. The molecule has 1 aliphatic rings. The van der Waals surface area contributed by atoms with Gasteiger partial charge in [-0.2, -0.15) is 0 Å². The predicted molar refractivity (Wildman–Crippen MR) is 111 cm³/mol. The molecular formula is C21H30N3O2S+. The molecule has 6 heteroatoms. The Hall–Kier alpha value is -2.05. The number of nitrogens with one attached hydrogen (secondary N) is 2. The summed E-state index contributed by atoms with van der Waals surface area (Å²) >= 11 is 0. The van der Waals surface area contributed by atoms with E-state index in [1.807, 2.05) is 36.4 Å². The fourth-order valence-electron chi connectivity index (χ4n) is 3.49. The van der Waals surface area contributed by atoms with Crippen LogP contribution in [0.4, 0.5) is 11.4 Å². The lowest BCUT2D eigenvalue weighted by Crippen LogP contribution is -3.14. The Balaban J connectivity index is 1.81. The highest BCUT2D eigenvalue weighted by molar-refractivity contribution is 7.92. The molecule has 3 rings (SSSR count). The van der Waals surface area contributed by atoms with Gasteiger partial charge < -0.3 is 9.80 Å². The van der Waals surface area contributed by atoms with Crippen molar-refractivity contribution in [1.29, 1.82) is 0 Å². The van der Waals surface area contributed by atoms with Crippen LogP contribution in [0, 0.1) is 0 Å². The zero-order chi connectivity index (χ0) is 19.4. The molecular weight excluding hydrogens is 358 g/mol. The fraction of sp³-hybridized carbons (Fsp3) is 0.429. The number of sulfonamides is 1. The molecule has 0 aromatic heterocycles. The summed E-state index contributed by atoms with van der Waals surface area (Å²) in [6.45, 7) is 11.6. The number of quaternary nitrogens is 1. The zero-order valence-electron chi connectivity index (χ0n) is 16.4. The van der Waals surface area contributed by atoms with E-state index in [0.29, 0.717) is 16.5 Å². The number of benzene rings is 2. The second-order valence-electron chi connectivity index (χ2n) is 7.44. The van der Waals surface area contributed by atoms with Crippen molar-refractivity contribution in [1.82, 2.24) is 0 Å². The molecule has 0 unspecified atom stereocenters. The molecule has 0 saturated carbocycles. The van der Waals surface area contributed by atoms with E-state index in [9.17, 15) is 8.42 Å². The van der Waals surface area contributed by atoms with Crippen molar-refractivity contribution in [3.05, 3.63) is 54.1 Å². The summed E-state index contributed by atoms with van der Waals surface area (Å²) in [5.41, 5.74) is 2.73. The molecule has 0 spiro atoms. The summed E-state index contributed by atoms with van der Waals surface area (Å²) in [6, 6.07) is 14.8. The number of piperazine rings is 1. The average Bonchev–Trinajstić information content (AvgIpc) is 2.68. The third-order valence-corrected chi connectivity index (χ3v) is 6.70. The smallest absolute Gasteiger partial charge is 0.261 e. The number of rotatable bonds is 6. The highest BCUT2D eigenvalue weighted by Crippen LogP contribution is 2.28. The third-order valence-electron chi connectivity index (χ3n) is 5.32. The fourth-order valence-corrected chi connectivity index (χ4v) is 4.56. The summed E-state index contributed by atoms with van der Waals surface area (Å²) < 4.78 is 28.6. The Morgan fingerprint density at radius 3 is 2.26 bits per heavy atom. The van der Waals surface area contributed by atoms with E-state index in [1.54, 1.807) is 17.0 Å². The van der Waals surface area contributed by atoms with Crippen molar-refractivity contribution < 1.29 is 13.3 Å². The van der Waals surface area contributed by atoms with Crippen LogP contribution < -0.4 is 14.5 Å². The van der Waals surface area contributed by atoms with Gasteiger partial charge in [-0.15, -0.1) is 0 Å². The van der Waals surface area contributed by atoms with Gasteiger partial charge in [-0.1, -0.05) is 38.1 Å². The van der Waals surface area contributed by atoms with Gasteiger partial charge in [0, 0.05) is 0 Å². The first-order valence-corrected chi connectivity index (χ1v) is 11.2. The van der Waals surface area contributed by atoms with E-state index in [-0.39, 0.29) is 0 Å². The van der Waals surface area contributed by atoms with Crippen molar-refractivity contribution >= 4 is 21.4 Å². The highest BCUT2D eigenvalue weighted by Gasteiger charge is 2.22. The van der Waals surface area contributed by atoms with E-state index >= 15 is 0 Å². The van der Waals surface area contributed by atoms with Crippen LogP contribution in [-0.4, -0.2) is 41.1 Å². The van der Waals surface area contributed by atoms with Crippen LogP contribution in [-0.2, 0) is 10.0 Å². The highest BCUT2D eigenvalue weighted by atomic mass is 32.2. The maximum absolute atomic E-state index is 12.9. The second kappa shape index (κ2) is 8.31. The molecule has 2 aromatic carbocycles. The number of anilines is 2. The van der Waals surface area contributed by atoms with Gasteiger partial charge in [-0.25, -0.2) is 8.42 Å². The van der Waals surface area contributed by atoms with Crippen LogP contribution in [0.25, 0.3) is 0 Å². The summed E-state index contributed by atoms with van der Waals surface area (Å²) in [5.74, 6) is 0.374. The molecule has 0 radical (unpaired) electrons. The van der Waals surface area contributed by atoms with Crippen molar-refractivity contribution in [3.8, 4) is 0 Å². The van der Waals surface area contributed by atoms with E-state index < -0.39 is 10.0 Å². The number of hydrogen-bond donors (Lipinski definition) is 2. The quantitative estimate of drug-likeness (QED) is 0.799. The van der Waals surface area contributed by atoms with Crippen molar-refractivity contribution in [2.45, 2.75) is 31.6 Å². The maximum atomic E-state index is 12.9. The summed E-state index contributed by atoms with van der Waals surface area (Å²) in [7, 11) is -3.61. The molecule has 0 amide bonds. The number of hydrogen-bond acceptors (Lipinski definition) is 3.